The van der Waals surface area contributed by atoms with Crippen molar-refractivity contribution in [3.63, 3.8) is 0 Å². The zero-order valence-corrected chi connectivity index (χ0v) is 13.5. The molecule has 2 unspecified atom stereocenters. The summed E-state index contributed by atoms with van der Waals surface area (Å²) in [7, 11) is 0.893. The van der Waals surface area contributed by atoms with Gasteiger partial charge in [-0.05, 0) is 23.9 Å². The molecule has 108 valence electrons. The quantitative estimate of drug-likeness (QED) is 0.575. The van der Waals surface area contributed by atoms with Gasteiger partial charge in [0.25, 0.3) is 0 Å². The van der Waals surface area contributed by atoms with Crippen LogP contribution < -0.4 is 10.6 Å². The molecule has 2 atom stereocenters. The predicted octanol–water partition coefficient (Wildman–Crippen LogP) is 2.74. The van der Waals surface area contributed by atoms with Gasteiger partial charge in [0.2, 0.25) is 0 Å². The minimum Gasteiger partial charge on any atom is -0.395 e. The maximum absolute atomic E-state index is 8.81. The Hall–Kier alpha value is -0.630. The van der Waals surface area contributed by atoms with Crippen LogP contribution in [0.4, 0.5) is 5.69 Å². The fourth-order valence-corrected chi connectivity index (χ4v) is 3.23. The van der Waals surface area contributed by atoms with Gasteiger partial charge in [0.05, 0.1) is 6.61 Å². The molecule has 0 aliphatic carbocycles. The average molecular weight is 282 g/mol. The highest BCUT2D eigenvalue weighted by Gasteiger charge is 2.34. The number of benzene rings is 1. The van der Waals surface area contributed by atoms with Crippen molar-refractivity contribution in [1.29, 1.82) is 0 Å². The van der Waals surface area contributed by atoms with Crippen LogP contribution in [0.3, 0.4) is 0 Å². The Morgan fingerprint density at radius 2 is 2.16 bits per heavy atom. The summed E-state index contributed by atoms with van der Waals surface area (Å²) in [6.45, 7) is 11.3. The number of fused-ring (bicyclic) bond motifs is 1. The van der Waals surface area contributed by atoms with Crippen LogP contribution in [0.5, 0.6) is 0 Å². The summed E-state index contributed by atoms with van der Waals surface area (Å²) in [6, 6.07) is 6.46. The van der Waals surface area contributed by atoms with Gasteiger partial charge >= 0.3 is 0 Å². The van der Waals surface area contributed by atoms with E-state index < -0.39 is 0 Å². The van der Waals surface area contributed by atoms with Crippen molar-refractivity contribution in [3.05, 3.63) is 29.3 Å². The first-order chi connectivity index (χ1) is 9.21. The van der Waals surface area contributed by atoms with Gasteiger partial charge in [-0.2, -0.15) is 0 Å². The van der Waals surface area contributed by atoms with Crippen LogP contribution in [0.25, 0.3) is 0 Å². The largest absolute Gasteiger partial charge is 0.395 e. The molecule has 1 aliphatic rings. The second-order valence-electron chi connectivity index (χ2n) is 4.68. The average Bonchev–Trinajstić information content (AvgIpc) is 2.81. The number of aliphatic hydroxyl groups is 1. The number of rotatable bonds is 5. The third kappa shape index (κ3) is 3.68. The number of aliphatic hydroxyl groups excluding tert-OH is 1. The molecule has 0 fully saturated rings. The first kappa shape index (κ1) is 16.4. The molecular formula is C15H27N2OP. The van der Waals surface area contributed by atoms with Crippen LogP contribution in [0.2, 0.25) is 0 Å². The summed E-state index contributed by atoms with van der Waals surface area (Å²) in [6.07, 6.45) is 0. The molecule has 1 heterocycles. The summed E-state index contributed by atoms with van der Waals surface area (Å²) >= 11 is 0. The first-order valence-corrected chi connectivity index (χ1v) is 8.58. The number of hydrogen-bond donors (Lipinski definition) is 3. The molecule has 0 radical (unpaired) electrons. The lowest BCUT2D eigenvalue weighted by Crippen LogP contribution is -2.22. The molecule has 3 nitrogen and oxygen atoms in total. The minimum absolute atomic E-state index is 0.195. The molecule has 1 aromatic carbocycles. The van der Waals surface area contributed by atoms with Crippen molar-refractivity contribution < 1.29 is 5.11 Å². The van der Waals surface area contributed by atoms with Gasteiger partial charge in [-0.15, -0.1) is 8.58 Å². The van der Waals surface area contributed by atoms with Crippen LogP contribution >= 0.6 is 8.58 Å². The maximum Gasteiger partial charge on any atom is 0.0556 e. The molecule has 4 heteroatoms. The number of hydrogen-bond acceptors (Lipinski definition) is 3. The minimum atomic E-state index is 0.195. The normalized spacial score (nSPS) is 20.9. The van der Waals surface area contributed by atoms with E-state index in [2.05, 4.69) is 42.4 Å². The van der Waals surface area contributed by atoms with Crippen molar-refractivity contribution in [2.75, 3.05) is 31.7 Å². The third-order valence-electron chi connectivity index (χ3n) is 3.49. The summed E-state index contributed by atoms with van der Waals surface area (Å²) in [5, 5.41) is 15.9. The molecule has 19 heavy (non-hydrogen) atoms. The highest BCUT2D eigenvalue weighted by atomic mass is 31.1. The van der Waals surface area contributed by atoms with Crippen molar-refractivity contribution >= 4 is 14.3 Å². The third-order valence-corrected chi connectivity index (χ3v) is 5.02. The second kappa shape index (κ2) is 7.84. The molecule has 0 saturated carbocycles. The van der Waals surface area contributed by atoms with Gasteiger partial charge in [0, 0.05) is 30.5 Å². The Morgan fingerprint density at radius 3 is 2.79 bits per heavy atom. The monoisotopic (exact) mass is 282 g/mol. The van der Waals surface area contributed by atoms with Crippen molar-refractivity contribution in [2.45, 2.75) is 32.5 Å². The topological polar surface area (TPSA) is 44.3 Å². The molecule has 0 bridgehead atoms. The van der Waals surface area contributed by atoms with Crippen molar-refractivity contribution in [3.8, 4) is 0 Å². The molecule has 0 saturated heterocycles. The zero-order valence-electron chi connectivity index (χ0n) is 12.5. The Bertz CT molecular complexity index is 398. The fraction of sp³-hybridized carbons (Fsp3) is 0.600. The van der Waals surface area contributed by atoms with Gasteiger partial charge in [0.1, 0.15) is 0 Å². The molecule has 0 spiro atoms. The lowest BCUT2D eigenvalue weighted by molar-refractivity contribution is 0.292. The molecule has 1 aliphatic heterocycles. The van der Waals surface area contributed by atoms with Gasteiger partial charge in [0.15, 0.2) is 0 Å². The lowest BCUT2D eigenvalue weighted by atomic mass is 9.96. The Kier molecular flexibility index (Phi) is 6.78. The predicted molar refractivity (Wildman–Crippen MR) is 86.7 cm³/mol. The van der Waals surface area contributed by atoms with Crippen molar-refractivity contribution in [2.24, 2.45) is 0 Å². The van der Waals surface area contributed by atoms with Crippen LogP contribution in [0.15, 0.2) is 18.2 Å². The Labute approximate surface area is 119 Å². The zero-order chi connectivity index (χ0) is 14.3. The summed E-state index contributed by atoms with van der Waals surface area (Å²) in [4.78, 5) is 0. The van der Waals surface area contributed by atoms with Gasteiger partial charge < -0.3 is 15.7 Å². The van der Waals surface area contributed by atoms with Crippen LogP contribution in [0.1, 0.15) is 31.9 Å². The molecular weight excluding hydrogens is 255 g/mol. The first-order valence-electron chi connectivity index (χ1n) is 7.08. The lowest BCUT2D eigenvalue weighted by Gasteiger charge is -2.24. The molecule has 1 aromatic rings. The van der Waals surface area contributed by atoms with E-state index in [1.165, 1.54) is 16.8 Å². The van der Waals surface area contributed by atoms with E-state index in [9.17, 15) is 0 Å². The van der Waals surface area contributed by atoms with E-state index in [1.807, 2.05) is 13.8 Å². The summed E-state index contributed by atoms with van der Waals surface area (Å²) in [5.74, 6) is 0. The van der Waals surface area contributed by atoms with E-state index in [-0.39, 0.29) is 11.8 Å². The SMILES string of the molecule is CC.CPC1(C)CNc2cccc(CNCCO)c21. The van der Waals surface area contributed by atoms with Crippen LogP contribution in [0, 0.1) is 0 Å². The Balaban J connectivity index is 0.000000861. The van der Waals surface area contributed by atoms with Gasteiger partial charge in [-0.3, -0.25) is 0 Å². The second-order valence-corrected chi connectivity index (χ2v) is 6.28. The fourth-order valence-electron chi connectivity index (χ4n) is 2.42. The van der Waals surface area contributed by atoms with E-state index >= 15 is 0 Å². The highest BCUT2D eigenvalue weighted by molar-refractivity contribution is 7.38. The molecule has 0 aromatic heterocycles. The number of anilines is 1. The summed E-state index contributed by atoms with van der Waals surface area (Å²) in [5.41, 5.74) is 4.11. The molecule has 0 amide bonds. The maximum atomic E-state index is 8.81. The summed E-state index contributed by atoms with van der Waals surface area (Å²) < 4.78 is 0. The van der Waals surface area contributed by atoms with Crippen molar-refractivity contribution in [1.82, 2.24) is 5.32 Å². The van der Waals surface area contributed by atoms with Crippen LogP contribution in [-0.4, -0.2) is 31.5 Å². The van der Waals surface area contributed by atoms with Crippen LogP contribution in [-0.2, 0) is 11.7 Å². The molecule has 2 rings (SSSR count). The Morgan fingerprint density at radius 1 is 1.42 bits per heavy atom. The van der Waals surface area contributed by atoms with E-state index in [1.54, 1.807) is 0 Å². The smallest absolute Gasteiger partial charge is 0.0556 e. The van der Waals surface area contributed by atoms with Gasteiger partial charge in [-0.25, -0.2) is 0 Å². The van der Waals surface area contributed by atoms with E-state index in [0.29, 0.717) is 6.54 Å². The number of nitrogens with one attached hydrogen (secondary N) is 2. The molecule has 3 N–H and O–H groups in total. The van der Waals surface area contributed by atoms with E-state index in [4.69, 9.17) is 5.11 Å². The standard InChI is InChI=1S/C13H21N2OP.C2H6/c1-13(17-2)9-15-11-5-3-4-10(12(11)13)8-14-6-7-16;1-2/h3-5,14-17H,6-9H2,1-2H3;1-2H3. The van der Waals surface area contributed by atoms with E-state index in [0.717, 1.165) is 21.7 Å². The van der Waals surface area contributed by atoms with Gasteiger partial charge in [-0.1, -0.05) is 32.9 Å². The highest BCUT2D eigenvalue weighted by Crippen LogP contribution is 2.48.